The predicted molar refractivity (Wildman–Crippen MR) is 108 cm³/mol. The second kappa shape index (κ2) is 9.28. The van der Waals surface area contributed by atoms with Gasteiger partial charge in [-0.25, -0.2) is 5.43 Å². The Morgan fingerprint density at radius 3 is 2.58 bits per heavy atom. The summed E-state index contributed by atoms with van der Waals surface area (Å²) in [5.74, 6) is -0.0690. The van der Waals surface area contributed by atoms with Crippen molar-refractivity contribution in [2.75, 3.05) is 32.7 Å². The molecule has 0 unspecified atom stereocenters. The van der Waals surface area contributed by atoms with E-state index in [1.165, 1.54) is 0 Å². The molecule has 1 aromatic carbocycles. The number of hydrogen-bond acceptors (Lipinski definition) is 5. The maximum Gasteiger partial charge on any atom is 0.254 e. The van der Waals surface area contributed by atoms with Crippen LogP contribution in [0.15, 0.2) is 46.9 Å². The van der Waals surface area contributed by atoms with Gasteiger partial charge in [-0.05, 0) is 30.0 Å². The van der Waals surface area contributed by atoms with E-state index < -0.39 is 0 Å². The minimum atomic E-state index is -0.0690. The number of nitrogens with zero attached hydrogens (tertiary/aromatic N) is 3. The van der Waals surface area contributed by atoms with Crippen LogP contribution in [0.2, 0.25) is 5.02 Å². The van der Waals surface area contributed by atoms with Crippen molar-refractivity contribution in [1.82, 2.24) is 15.2 Å². The molecule has 5 nitrogen and oxygen atoms in total. The molecule has 2 aromatic rings. The summed E-state index contributed by atoms with van der Waals surface area (Å²) in [5, 5.41) is 7.00. The van der Waals surface area contributed by atoms with E-state index in [4.69, 9.17) is 11.6 Å². The highest BCUT2D eigenvalue weighted by Crippen LogP contribution is 2.17. The van der Waals surface area contributed by atoms with Gasteiger partial charge in [-0.3, -0.25) is 14.6 Å². The Labute approximate surface area is 163 Å². The van der Waals surface area contributed by atoms with Crippen molar-refractivity contribution in [3.63, 3.8) is 0 Å². The lowest BCUT2D eigenvalue weighted by atomic mass is 10.2. The zero-order chi connectivity index (χ0) is 18.4. The number of carbonyl (C=O) groups excluding carboxylic acids is 1. The van der Waals surface area contributed by atoms with Gasteiger partial charge in [0.1, 0.15) is 0 Å². The van der Waals surface area contributed by atoms with Crippen LogP contribution >= 0.6 is 22.9 Å². The zero-order valence-corrected chi connectivity index (χ0v) is 16.4. The van der Waals surface area contributed by atoms with Gasteiger partial charge in [0.2, 0.25) is 0 Å². The van der Waals surface area contributed by atoms with Gasteiger partial charge in [0.05, 0.1) is 12.3 Å². The number of hydrogen-bond donors (Lipinski definition) is 1. The van der Waals surface area contributed by atoms with E-state index in [2.05, 4.69) is 26.4 Å². The lowest BCUT2D eigenvalue weighted by Crippen LogP contribution is -2.48. The fourth-order valence-corrected chi connectivity index (χ4v) is 3.77. The van der Waals surface area contributed by atoms with Crippen molar-refractivity contribution < 1.29 is 4.79 Å². The first-order chi connectivity index (χ1) is 12.6. The Kier molecular flexibility index (Phi) is 6.80. The summed E-state index contributed by atoms with van der Waals surface area (Å²) in [5.41, 5.74) is 4.64. The fourth-order valence-electron chi connectivity index (χ4n) is 2.90. The van der Waals surface area contributed by atoms with E-state index in [1.807, 2.05) is 42.6 Å². The molecular formula is C19H23ClN4OS. The third kappa shape index (κ3) is 5.38. The molecule has 2 heterocycles. The molecule has 1 N–H and O–H groups in total. The van der Waals surface area contributed by atoms with Crippen LogP contribution < -0.4 is 5.43 Å². The standard InChI is InChI=1S/C19H23ClN4OS/c1-15(18-7-4-12-26-18)21-22-19(25)14-24-10-8-23(9-11-24)13-16-5-2-3-6-17(16)20/h2-7,12H,8-11,13-14H2,1H3,(H,22,25)/b21-15+. The van der Waals surface area contributed by atoms with Gasteiger partial charge in [-0.1, -0.05) is 35.9 Å². The normalized spacial score (nSPS) is 16.6. The average molecular weight is 391 g/mol. The molecule has 1 amide bonds. The summed E-state index contributed by atoms with van der Waals surface area (Å²) in [7, 11) is 0. The van der Waals surface area contributed by atoms with Crippen LogP contribution in [0.3, 0.4) is 0 Å². The molecule has 1 aromatic heterocycles. The molecule has 0 spiro atoms. The third-order valence-corrected chi connectivity index (χ3v) is 5.76. The average Bonchev–Trinajstić information content (AvgIpc) is 3.18. The van der Waals surface area contributed by atoms with Crippen LogP contribution in [-0.2, 0) is 11.3 Å². The first kappa shape index (κ1) is 19.0. The first-order valence-electron chi connectivity index (χ1n) is 8.67. The Morgan fingerprint density at radius 1 is 1.15 bits per heavy atom. The van der Waals surface area contributed by atoms with Gasteiger partial charge >= 0.3 is 0 Å². The maximum absolute atomic E-state index is 12.1. The lowest BCUT2D eigenvalue weighted by molar-refractivity contribution is -0.122. The van der Waals surface area contributed by atoms with Gasteiger partial charge in [-0.2, -0.15) is 5.10 Å². The minimum Gasteiger partial charge on any atom is -0.296 e. The predicted octanol–water partition coefficient (Wildman–Crippen LogP) is 3.06. The topological polar surface area (TPSA) is 47.9 Å². The van der Waals surface area contributed by atoms with Crippen LogP contribution in [0, 0.1) is 0 Å². The Balaban J connectivity index is 1.41. The molecular weight excluding hydrogens is 368 g/mol. The molecule has 0 radical (unpaired) electrons. The summed E-state index contributed by atoms with van der Waals surface area (Å²) >= 11 is 7.85. The SMILES string of the molecule is C/C(=N\NC(=O)CN1CCN(Cc2ccccc2Cl)CC1)c1cccs1. The van der Waals surface area contributed by atoms with Gasteiger partial charge in [0.15, 0.2) is 0 Å². The Hall–Kier alpha value is -1.73. The fraction of sp³-hybridized carbons (Fsp3) is 0.368. The summed E-state index contributed by atoms with van der Waals surface area (Å²) in [6, 6.07) is 11.9. The van der Waals surface area contributed by atoms with Gasteiger partial charge in [0, 0.05) is 42.6 Å². The number of halogens is 1. The highest BCUT2D eigenvalue weighted by atomic mass is 35.5. The maximum atomic E-state index is 12.1. The van der Waals surface area contributed by atoms with Crippen LogP contribution in [0.1, 0.15) is 17.4 Å². The van der Waals surface area contributed by atoms with Crippen LogP contribution in [0.5, 0.6) is 0 Å². The molecule has 1 fully saturated rings. The summed E-state index contributed by atoms with van der Waals surface area (Å²) in [6.45, 7) is 6.72. The van der Waals surface area contributed by atoms with E-state index in [-0.39, 0.29) is 5.91 Å². The number of hydrazone groups is 1. The number of benzene rings is 1. The highest BCUT2D eigenvalue weighted by molar-refractivity contribution is 7.12. The van der Waals surface area contributed by atoms with Crippen LogP contribution in [0.4, 0.5) is 0 Å². The van der Waals surface area contributed by atoms with Crippen molar-refractivity contribution in [2.24, 2.45) is 5.10 Å². The van der Waals surface area contributed by atoms with Crippen molar-refractivity contribution in [1.29, 1.82) is 0 Å². The number of nitrogens with one attached hydrogen (secondary N) is 1. The molecule has 26 heavy (non-hydrogen) atoms. The van der Waals surface area contributed by atoms with Crippen molar-refractivity contribution >= 4 is 34.6 Å². The van der Waals surface area contributed by atoms with E-state index in [9.17, 15) is 4.79 Å². The van der Waals surface area contributed by atoms with Gasteiger partial charge in [-0.15, -0.1) is 11.3 Å². The van der Waals surface area contributed by atoms with Crippen molar-refractivity contribution in [3.8, 4) is 0 Å². The molecule has 1 saturated heterocycles. The first-order valence-corrected chi connectivity index (χ1v) is 9.92. The van der Waals surface area contributed by atoms with Gasteiger partial charge in [0.25, 0.3) is 5.91 Å². The van der Waals surface area contributed by atoms with Crippen LogP contribution in [-0.4, -0.2) is 54.1 Å². The molecule has 3 rings (SSSR count). The smallest absolute Gasteiger partial charge is 0.254 e. The molecule has 1 aliphatic heterocycles. The number of piperazine rings is 1. The molecule has 0 bridgehead atoms. The van der Waals surface area contributed by atoms with E-state index in [0.29, 0.717) is 6.54 Å². The molecule has 1 aliphatic rings. The molecule has 0 saturated carbocycles. The second-order valence-electron chi connectivity index (χ2n) is 6.35. The number of carbonyl (C=O) groups is 1. The van der Waals surface area contributed by atoms with E-state index in [0.717, 1.165) is 53.9 Å². The number of thiophene rings is 1. The zero-order valence-electron chi connectivity index (χ0n) is 14.8. The Morgan fingerprint density at radius 2 is 1.88 bits per heavy atom. The van der Waals surface area contributed by atoms with E-state index in [1.54, 1.807) is 11.3 Å². The van der Waals surface area contributed by atoms with E-state index >= 15 is 0 Å². The molecule has 0 aliphatic carbocycles. The molecule has 7 heteroatoms. The molecule has 138 valence electrons. The monoisotopic (exact) mass is 390 g/mol. The minimum absolute atomic E-state index is 0.0690. The molecule has 0 atom stereocenters. The summed E-state index contributed by atoms with van der Waals surface area (Å²) < 4.78 is 0. The largest absolute Gasteiger partial charge is 0.296 e. The van der Waals surface area contributed by atoms with Crippen LogP contribution in [0.25, 0.3) is 0 Å². The quantitative estimate of drug-likeness (QED) is 0.609. The number of amides is 1. The second-order valence-corrected chi connectivity index (χ2v) is 7.71. The Bertz CT molecular complexity index is 755. The van der Waals surface area contributed by atoms with Gasteiger partial charge < -0.3 is 0 Å². The van der Waals surface area contributed by atoms with Crippen molar-refractivity contribution in [3.05, 3.63) is 57.2 Å². The highest BCUT2D eigenvalue weighted by Gasteiger charge is 2.19. The summed E-state index contributed by atoms with van der Waals surface area (Å²) in [4.78, 5) is 17.7. The van der Waals surface area contributed by atoms with Crippen molar-refractivity contribution in [2.45, 2.75) is 13.5 Å². The lowest BCUT2D eigenvalue weighted by Gasteiger charge is -2.34. The third-order valence-electron chi connectivity index (χ3n) is 4.41. The number of rotatable bonds is 6. The summed E-state index contributed by atoms with van der Waals surface area (Å²) in [6.07, 6.45) is 0.